The van der Waals surface area contributed by atoms with Crippen LogP contribution in [0.3, 0.4) is 0 Å². The van der Waals surface area contributed by atoms with Crippen LogP contribution in [-0.2, 0) is 11.2 Å². The van der Waals surface area contributed by atoms with Crippen LogP contribution in [0.25, 0.3) is 11.0 Å². The molecule has 110 valence electrons. The molecule has 0 aliphatic heterocycles. The summed E-state index contributed by atoms with van der Waals surface area (Å²) in [6.07, 6.45) is 6.83. The Morgan fingerprint density at radius 3 is 2.86 bits per heavy atom. The van der Waals surface area contributed by atoms with Gasteiger partial charge in [0.25, 0.3) is 0 Å². The maximum atomic E-state index is 10.8. The predicted molar refractivity (Wildman–Crippen MR) is 82.4 cm³/mol. The van der Waals surface area contributed by atoms with Gasteiger partial charge in [-0.3, -0.25) is 4.79 Å². The van der Waals surface area contributed by atoms with Crippen molar-refractivity contribution in [2.75, 3.05) is 0 Å². The normalized spacial score (nSPS) is 11.1. The Labute approximate surface area is 126 Å². The lowest BCUT2D eigenvalue weighted by Gasteiger charge is -2.06. The number of hydrogen-bond acceptors (Lipinski definition) is 4. The number of fused-ring (bicyclic) bond motifs is 1. The van der Waals surface area contributed by atoms with Crippen LogP contribution >= 0.6 is 0 Å². The van der Waals surface area contributed by atoms with E-state index in [0.717, 1.165) is 10.9 Å². The number of primary amides is 1. The summed E-state index contributed by atoms with van der Waals surface area (Å²) < 4.78 is 5.83. The van der Waals surface area contributed by atoms with Crippen LogP contribution in [0.4, 0.5) is 0 Å². The maximum absolute atomic E-state index is 10.8. The van der Waals surface area contributed by atoms with Crippen molar-refractivity contribution >= 4 is 16.9 Å². The number of allylic oxidation sites excluding steroid dienone is 1. The second kappa shape index (κ2) is 6.09. The molecule has 0 saturated carbocycles. The molecule has 2 aromatic heterocycles. The van der Waals surface area contributed by atoms with Crippen LogP contribution in [0.2, 0.25) is 0 Å². The number of nitrogens with zero attached hydrogens (tertiary/aromatic N) is 2. The molecule has 1 amide bonds. The number of aromatic nitrogens is 3. The standard InChI is InChI=1S/C16H14N4O2/c17-13(21)8-4-5-11-9-18-15-14(11)16(20-10-19-15)22-12-6-2-1-3-7-12/h1-4,6-10H,5H2,(H2,17,21)(H,18,19,20). The molecule has 2 heterocycles. The first-order valence-electron chi connectivity index (χ1n) is 6.74. The van der Waals surface area contributed by atoms with Crippen molar-refractivity contribution in [2.45, 2.75) is 6.42 Å². The average molecular weight is 294 g/mol. The summed E-state index contributed by atoms with van der Waals surface area (Å²) in [5, 5.41) is 0.792. The van der Waals surface area contributed by atoms with Crippen LogP contribution in [0.1, 0.15) is 5.56 Å². The largest absolute Gasteiger partial charge is 0.438 e. The molecule has 3 N–H and O–H groups in total. The number of amides is 1. The summed E-state index contributed by atoms with van der Waals surface area (Å²) in [7, 11) is 0. The van der Waals surface area contributed by atoms with Gasteiger partial charge in [0.2, 0.25) is 11.8 Å². The summed E-state index contributed by atoms with van der Waals surface area (Å²) in [6, 6.07) is 9.40. The second-order valence-electron chi connectivity index (χ2n) is 4.64. The molecule has 0 atom stereocenters. The quantitative estimate of drug-likeness (QED) is 0.706. The first kappa shape index (κ1) is 13.8. The monoisotopic (exact) mass is 294 g/mol. The van der Waals surface area contributed by atoms with E-state index in [1.165, 1.54) is 12.4 Å². The smallest absolute Gasteiger partial charge is 0.241 e. The lowest BCUT2D eigenvalue weighted by atomic mass is 10.1. The lowest BCUT2D eigenvalue weighted by Crippen LogP contribution is -2.05. The van der Waals surface area contributed by atoms with Gasteiger partial charge in [-0.1, -0.05) is 24.3 Å². The van der Waals surface area contributed by atoms with Crippen molar-refractivity contribution in [1.29, 1.82) is 0 Å². The zero-order valence-corrected chi connectivity index (χ0v) is 11.7. The van der Waals surface area contributed by atoms with E-state index in [-0.39, 0.29) is 0 Å². The Morgan fingerprint density at radius 1 is 1.27 bits per heavy atom. The molecule has 0 aliphatic rings. The molecule has 0 unspecified atom stereocenters. The number of aromatic amines is 1. The van der Waals surface area contributed by atoms with Crippen molar-refractivity contribution in [1.82, 2.24) is 15.0 Å². The van der Waals surface area contributed by atoms with Gasteiger partial charge in [0.05, 0.1) is 5.39 Å². The van der Waals surface area contributed by atoms with E-state index >= 15 is 0 Å². The molecule has 1 aromatic carbocycles. The third-order valence-corrected chi connectivity index (χ3v) is 3.09. The number of carbonyl (C=O) groups is 1. The Hall–Kier alpha value is -3.15. The number of ether oxygens (including phenoxy) is 1. The van der Waals surface area contributed by atoms with E-state index in [1.54, 1.807) is 6.08 Å². The van der Waals surface area contributed by atoms with E-state index < -0.39 is 5.91 Å². The topological polar surface area (TPSA) is 93.9 Å². The third kappa shape index (κ3) is 2.95. The Kier molecular flexibility index (Phi) is 3.82. The van der Waals surface area contributed by atoms with Gasteiger partial charge in [-0.15, -0.1) is 0 Å². The number of carbonyl (C=O) groups excluding carboxylic acids is 1. The van der Waals surface area contributed by atoms with Crippen LogP contribution in [0.15, 0.2) is 55.0 Å². The van der Waals surface area contributed by atoms with Crippen molar-refractivity contribution in [3.8, 4) is 11.6 Å². The molecule has 0 fully saturated rings. The van der Waals surface area contributed by atoms with Gasteiger partial charge in [-0.2, -0.15) is 0 Å². The lowest BCUT2D eigenvalue weighted by molar-refractivity contribution is -0.113. The third-order valence-electron chi connectivity index (χ3n) is 3.09. The van der Waals surface area contributed by atoms with Gasteiger partial charge < -0.3 is 15.5 Å². The highest BCUT2D eigenvalue weighted by atomic mass is 16.5. The molecule has 3 rings (SSSR count). The average Bonchev–Trinajstić information content (AvgIpc) is 2.92. The molecular formula is C16H14N4O2. The van der Waals surface area contributed by atoms with Gasteiger partial charge in [0.15, 0.2) is 0 Å². The van der Waals surface area contributed by atoms with Crippen molar-refractivity contribution in [2.24, 2.45) is 5.73 Å². The Morgan fingerprint density at radius 2 is 2.09 bits per heavy atom. The first-order valence-corrected chi connectivity index (χ1v) is 6.74. The number of rotatable bonds is 5. The number of hydrogen-bond donors (Lipinski definition) is 2. The van der Waals surface area contributed by atoms with Crippen LogP contribution < -0.4 is 10.5 Å². The number of nitrogens with two attached hydrogens (primary N) is 1. The van der Waals surface area contributed by atoms with Gasteiger partial charge in [0.1, 0.15) is 17.7 Å². The minimum absolute atomic E-state index is 0.472. The van der Waals surface area contributed by atoms with Crippen molar-refractivity contribution in [3.63, 3.8) is 0 Å². The fraction of sp³-hybridized carbons (Fsp3) is 0.0625. The highest BCUT2D eigenvalue weighted by molar-refractivity contribution is 5.87. The molecule has 3 aromatic rings. The molecule has 0 aliphatic carbocycles. The zero-order chi connectivity index (χ0) is 15.4. The molecule has 0 saturated heterocycles. The van der Waals surface area contributed by atoms with E-state index in [1.807, 2.05) is 36.5 Å². The molecule has 0 spiro atoms. The minimum Gasteiger partial charge on any atom is -0.438 e. The highest BCUT2D eigenvalue weighted by Crippen LogP contribution is 2.29. The second-order valence-corrected chi connectivity index (χ2v) is 4.64. The fourth-order valence-corrected chi connectivity index (χ4v) is 2.14. The number of para-hydroxylation sites is 1. The molecule has 0 radical (unpaired) electrons. The van der Waals surface area contributed by atoms with Crippen LogP contribution in [-0.4, -0.2) is 20.9 Å². The maximum Gasteiger partial charge on any atom is 0.241 e. The molecule has 6 nitrogen and oxygen atoms in total. The van der Waals surface area contributed by atoms with Gasteiger partial charge in [-0.05, 0) is 30.2 Å². The highest BCUT2D eigenvalue weighted by Gasteiger charge is 2.12. The van der Waals surface area contributed by atoms with Crippen LogP contribution in [0.5, 0.6) is 11.6 Å². The Bertz CT molecular complexity index is 825. The number of nitrogens with one attached hydrogen (secondary N) is 1. The summed E-state index contributed by atoms with van der Waals surface area (Å²) >= 11 is 0. The van der Waals surface area contributed by atoms with E-state index in [0.29, 0.717) is 23.7 Å². The number of H-pyrrole nitrogens is 1. The van der Waals surface area contributed by atoms with E-state index in [9.17, 15) is 4.79 Å². The Balaban J connectivity index is 1.96. The van der Waals surface area contributed by atoms with Crippen molar-refractivity contribution < 1.29 is 9.53 Å². The molecular weight excluding hydrogens is 280 g/mol. The van der Waals surface area contributed by atoms with Gasteiger partial charge >= 0.3 is 0 Å². The van der Waals surface area contributed by atoms with E-state index in [2.05, 4.69) is 15.0 Å². The van der Waals surface area contributed by atoms with E-state index in [4.69, 9.17) is 10.5 Å². The molecule has 6 heteroatoms. The fourth-order valence-electron chi connectivity index (χ4n) is 2.14. The van der Waals surface area contributed by atoms with Gasteiger partial charge in [-0.25, -0.2) is 9.97 Å². The number of benzene rings is 1. The summed E-state index contributed by atoms with van der Waals surface area (Å²) in [4.78, 5) is 22.2. The SMILES string of the molecule is NC(=O)C=CCc1c[nH]c2ncnc(Oc3ccccc3)c12. The molecule has 22 heavy (non-hydrogen) atoms. The minimum atomic E-state index is -0.475. The van der Waals surface area contributed by atoms with Crippen LogP contribution in [0, 0.1) is 0 Å². The summed E-state index contributed by atoms with van der Waals surface area (Å²) in [5.74, 6) is 0.694. The van der Waals surface area contributed by atoms with Crippen molar-refractivity contribution in [3.05, 3.63) is 60.6 Å². The summed E-state index contributed by atoms with van der Waals surface area (Å²) in [5.41, 5.74) is 6.71. The summed E-state index contributed by atoms with van der Waals surface area (Å²) in [6.45, 7) is 0. The predicted octanol–water partition coefficient (Wildman–Crippen LogP) is 2.33. The zero-order valence-electron chi connectivity index (χ0n) is 11.7. The first-order chi connectivity index (χ1) is 10.7. The molecule has 0 bridgehead atoms. The van der Waals surface area contributed by atoms with Gasteiger partial charge in [0, 0.05) is 6.20 Å².